The van der Waals surface area contributed by atoms with E-state index in [2.05, 4.69) is 10.0 Å². The van der Waals surface area contributed by atoms with Crippen molar-refractivity contribution in [2.24, 2.45) is 0 Å². The lowest BCUT2D eigenvalue weighted by Gasteiger charge is -2.13. The van der Waals surface area contributed by atoms with E-state index in [9.17, 15) is 18.0 Å². The van der Waals surface area contributed by atoms with Crippen LogP contribution in [0.5, 0.6) is 11.5 Å². The van der Waals surface area contributed by atoms with Gasteiger partial charge in [-0.3, -0.25) is 9.59 Å². The third kappa shape index (κ3) is 8.14. The monoisotopic (exact) mass is 611 g/mol. The van der Waals surface area contributed by atoms with Crippen molar-refractivity contribution in [2.45, 2.75) is 31.1 Å². The van der Waals surface area contributed by atoms with Crippen molar-refractivity contribution in [1.29, 1.82) is 5.26 Å². The van der Waals surface area contributed by atoms with Crippen LogP contribution in [-0.2, 0) is 26.0 Å². The van der Waals surface area contributed by atoms with Crippen LogP contribution in [-0.4, -0.2) is 26.7 Å². The van der Waals surface area contributed by atoms with Crippen LogP contribution in [0, 0.1) is 17.1 Å². The molecule has 0 aliphatic heterocycles. The quantitative estimate of drug-likeness (QED) is 0.263. The molecule has 0 unspecified atom stereocenters. The number of sulfonamides is 1. The number of ether oxygens (including phenoxy) is 1. The molecule has 3 aromatic carbocycles. The van der Waals surface area contributed by atoms with Crippen LogP contribution in [0.4, 0.5) is 10.1 Å². The van der Waals surface area contributed by atoms with Crippen molar-refractivity contribution < 1.29 is 27.1 Å². The van der Waals surface area contributed by atoms with Crippen LogP contribution in [0.2, 0.25) is 15.1 Å². The zero-order chi connectivity index (χ0) is 28.7. The van der Waals surface area contributed by atoms with Crippen LogP contribution in [0.25, 0.3) is 0 Å². The van der Waals surface area contributed by atoms with E-state index in [-0.39, 0.29) is 67.0 Å². The minimum Gasteiger partial charge on any atom is -0.453 e. The lowest BCUT2D eigenvalue weighted by Crippen LogP contribution is -2.29. The van der Waals surface area contributed by atoms with E-state index in [0.29, 0.717) is 6.42 Å². The predicted molar refractivity (Wildman–Crippen MR) is 147 cm³/mol. The summed E-state index contributed by atoms with van der Waals surface area (Å²) in [5.41, 5.74) is 0.239. The molecule has 1 amide bonds. The molecule has 0 spiro atoms. The van der Waals surface area contributed by atoms with Crippen molar-refractivity contribution in [3.05, 3.63) is 80.5 Å². The Bertz CT molecular complexity index is 1580. The number of hydrogen-bond donors (Lipinski definition) is 2. The van der Waals surface area contributed by atoms with Gasteiger partial charge in [0.15, 0.2) is 11.6 Å². The van der Waals surface area contributed by atoms with Gasteiger partial charge in [0, 0.05) is 17.0 Å². The fraction of sp³-hybridized carbons (Fsp3) is 0.192. The number of carbonyl (C=O) groups excluding carboxylic acids is 2. The molecule has 0 bridgehead atoms. The van der Waals surface area contributed by atoms with Crippen LogP contribution >= 0.6 is 34.8 Å². The summed E-state index contributed by atoms with van der Waals surface area (Å²) in [6.45, 7) is 1.46. The Kier molecular flexibility index (Phi) is 10.3. The fourth-order valence-corrected chi connectivity index (χ4v) is 5.11. The molecule has 0 radical (unpaired) electrons. The van der Waals surface area contributed by atoms with E-state index in [1.807, 2.05) is 6.07 Å². The number of rotatable bonds is 11. The standard InChI is InChI=1S/C26H21Cl3FN3O5S/c1-2-3-18(34)14-32-39(36,37)20-5-7-23(22(29)12-20)33-24(35)10-16-4-6-21(28)26(25(16)30)38-19-9-15(13-31)8-17(27)11-19/h4-9,11-12,32H,2-3,10,14H2,1H3,(H,33,35). The third-order valence-corrected chi connectivity index (χ3v) is 7.44. The Hall–Kier alpha value is -3.20. The summed E-state index contributed by atoms with van der Waals surface area (Å²) in [7, 11) is -4.01. The summed E-state index contributed by atoms with van der Waals surface area (Å²) in [6.07, 6.45) is 0.411. The van der Waals surface area contributed by atoms with Crippen molar-refractivity contribution in [1.82, 2.24) is 4.72 Å². The SMILES string of the molecule is CCCC(=O)CNS(=O)(=O)c1ccc(NC(=O)Cc2ccc(Cl)c(Oc3cc(Cl)cc(C#N)c3)c2F)c(Cl)c1. The number of benzene rings is 3. The van der Waals surface area contributed by atoms with Crippen molar-refractivity contribution in [3.8, 4) is 17.6 Å². The van der Waals surface area contributed by atoms with E-state index >= 15 is 4.39 Å². The first-order chi connectivity index (χ1) is 18.4. The molecule has 0 atom stereocenters. The zero-order valence-electron chi connectivity index (χ0n) is 20.4. The first kappa shape index (κ1) is 30.3. The zero-order valence-corrected chi connectivity index (χ0v) is 23.4. The topological polar surface area (TPSA) is 125 Å². The van der Waals surface area contributed by atoms with Gasteiger partial charge in [-0.15, -0.1) is 0 Å². The molecule has 0 fully saturated rings. The van der Waals surface area contributed by atoms with Gasteiger partial charge in [0.25, 0.3) is 0 Å². The molecule has 2 N–H and O–H groups in total. The van der Waals surface area contributed by atoms with Crippen molar-refractivity contribution in [3.63, 3.8) is 0 Å². The maximum absolute atomic E-state index is 15.2. The molecule has 0 heterocycles. The summed E-state index contributed by atoms with van der Waals surface area (Å²) in [6, 6.07) is 12.3. The van der Waals surface area contributed by atoms with E-state index < -0.39 is 28.2 Å². The number of ketones is 1. The summed E-state index contributed by atoms with van der Waals surface area (Å²) in [4.78, 5) is 24.1. The van der Waals surface area contributed by atoms with Crippen LogP contribution in [0.1, 0.15) is 30.9 Å². The third-order valence-electron chi connectivity index (χ3n) is 5.21. The molecule has 0 saturated heterocycles. The number of amides is 1. The van der Waals surface area contributed by atoms with Crippen molar-refractivity contribution >= 4 is 62.2 Å². The molecule has 39 heavy (non-hydrogen) atoms. The molecule has 0 saturated carbocycles. The molecule has 0 aliphatic rings. The smallest absolute Gasteiger partial charge is 0.241 e. The maximum Gasteiger partial charge on any atom is 0.241 e. The highest BCUT2D eigenvalue weighted by Crippen LogP contribution is 2.35. The number of anilines is 1. The highest BCUT2D eigenvalue weighted by atomic mass is 35.5. The van der Waals surface area contributed by atoms with Crippen LogP contribution in [0.15, 0.2) is 53.4 Å². The van der Waals surface area contributed by atoms with Gasteiger partial charge in [-0.1, -0.05) is 47.8 Å². The van der Waals surface area contributed by atoms with Gasteiger partial charge in [-0.2, -0.15) is 5.26 Å². The molecule has 8 nitrogen and oxygen atoms in total. The normalized spacial score (nSPS) is 11.1. The molecule has 0 aliphatic carbocycles. The Morgan fingerprint density at radius 2 is 1.79 bits per heavy atom. The Morgan fingerprint density at radius 3 is 2.46 bits per heavy atom. The highest BCUT2D eigenvalue weighted by molar-refractivity contribution is 7.89. The molecule has 3 aromatic rings. The van der Waals surface area contributed by atoms with E-state index in [4.69, 9.17) is 44.8 Å². The van der Waals surface area contributed by atoms with Gasteiger partial charge in [-0.05, 0) is 48.9 Å². The summed E-state index contributed by atoms with van der Waals surface area (Å²) < 4.78 is 47.9. The number of carbonyl (C=O) groups is 2. The first-order valence-electron chi connectivity index (χ1n) is 11.4. The van der Waals surface area contributed by atoms with Crippen molar-refractivity contribution in [2.75, 3.05) is 11.9 Å². The van der Waals surface area contributed by atoms with Gasteiger partial charge < -0.3 is 10.1 Å². The molecule has 13 heteroatoms. The summed E-state index contributed by atoms with van der Waals surface area (Å²) in [5.74, 6) is -2.08. The average molecular weight is 613 g/mol. The molecule has 0 aromatic heterocycles. The number of halogens is 4. The van der Waals surface area contributed by atoms with E-state index in [1.165, 1.54) is 42.5 Å². The number of hydrogen-bond acceptors (Lipinski definition) is 6. The summed E-state index contributed by atoms with van der Waals surface area (Å²) >= 11 is 18.3. The number of nitrogens with one attached hydrogen (secondary N) is 2. The molecular formula is C26H21Cl3FN3O5S. The number of nitrogens with zero attached hydrogens (tertiary/aromatic N) is 1. The van der Waals surface area contributed by atoms with E-state index in [1.54, 1.807) is 6.92 Å². The second kappa shape index (κ2) is 13.2. The lowest BCUT2D eigenvalue weighted by atomic mass is 10.1. The second-order valence-corrected chi connectivity index (χ2v) is 11.2. The molecule has 3 rings (SSSR count). The first-order valence-corrected chi connectivity index (χ1v) is 14.0. The minimum atomic E-state index is -4.01. The van der Waals surface area contributed by atoms with Gasteiger partial charge in [0.05, 0.1) is 45.2 Å². The average Bonchev–Trinajstić information content (AvgIpc) is 2.88. The van der Waals surface area contributed by atoms with Crippen LogP contribution in [0.3, 0.4) is 0 Å². The van der Waals surface area contributed by atoms with Gasteiger partial charge >= 0.3 is 0 Å². The van der Waals surface area contributed by atoms with Gasteiger partial charge in [0.2, 0.25) is 15.9 Å². The summed E-state index contributed by atoms with van der Waals surface area (Å²) in [5, 5.41) is 11.7. The lowest BCUT2D eigenvalue weighted by molar-refractivity contribution is -0.118. The Labute approximate surface area is 239 Å². The fourth-order valence-electron chi connectivity index (χ4n) is 3.37. The van der Waals surface area contributed by atoms with Crippen LogP contribution < -0.4 is 14.8 Å². The Morgan fingerprint density at radius 1 is 1.05 bits per heavy atom. The largest absolute Gasteiger partial charge is 0.453 e. The number of Topliss-reactive ketones (excluding diaryl/α,β-unsaturated/α-hetero) is 1. The second-order valence-electron chi connectivity index (χ2n) is 8.22. The molecule has 204 valence electrons. The maximum atomic E-state index is 15.2. The Balaban J connectivity index is 1.73. The predicted octanol–water partition coefficient (Wildman–Crippen LogP) is 6.28. The highest BCUT2D eigenvalue weighted by Gasteiger charge is 2.20. The van der Waals surface area contributed by atoms with Gasteiger partial charge in [0.1, 0.15) is 11.5 Å². The van der Waals surface area contributed by atoms with E-state index in [0.717, 1.165) is 6.07 Å². The minimum absolute atomic E-state index is 0.0503. The van der Waals surface area contributed by atoms with Gasteiger partial charge in [-0.25, -0.2) is 17.5 Å². The number of nitriles is 1. The molecular weight excluding hydrogens is 592 g/mol.